The second-order valence-electron chi connectivity index (χ2n) is 5.03. The van der Waals surface area contributed by atoms with Gasteiger partial charge in [-0.2, -0.15) is 0 Å². The number of aromatic amines is 1. The van der Waals surface area contributed by atoms with Crippen molar-refractivity contribution >= 4 is 23.0 Å². The van der Waals surface area contributed by atoms with E-state index in [4.69, 9.17) is 4.74 Å². The number of methoxy groups -OCH3 is 1. The van der Waals surface area contributed by atoms with Crippen LogP contribution in [-0.4, -0.2) is 23.0 Å². The van der Waals surface area contributed by atoms with Gasteiger partial charge in [0.25, 0.3) is 0 Å². The third-order valence-corrected chi connectivity index (χ3v) is 3.39. The average molecular weight is 307 g/mol. The molecule has 1 heterocycles. The van der Waals surface area contributed by atoms with Crippen molar-refractivity contribution in [3.63, 3.8) is 0 Å². The van der Waals surface area contributed by atoms with E-state index in [0.717, 1.165) is 28.2 Å². The van der Waals surface area contributed by atoms with Gasteiger partial charge in [-0.15, -0.1) is 0 Å². The molecule has 116 valence electrons. The molecular formula is C18H17N3O2. The van der Waals surface area contributed by atoms with Crippen LogP contribution >= 0.6 is 0 Å². The zero-order chi connectivity index (χ0) is 16.1. The molecule has 0 aliphatic rings. The maximum absolute atomic E-state index is 11.9. The molecule has 0 radical (unpaired) electrons. The minimum Gasteiger partial charge on any atom is -0.497 e. The molecular weight excluding hydrogens is 290 g/mol. The van der Waals surface area contributed by atoms with Gasteiger partial charge in [-0.25, -0.2) is 4.98 Å². The summed E-state index contributed by atoms with van der Waals surface area (Å²) >= 11 is 0. The Labute approximate surface area is 134 Å². The van der Waals surface area contributed by atoms with E-state index in [2.05, 4.69) is 15.3 Å². The van der Waals surface area contributed by atoms with E-state index in [9.17, 15) is 4.79 Å². The quantitative estimate of drug-likeness (QED) is 0.712. The molecule has 23 heavy (non-hydrogen) atoms. The van der Waals surface area contributed by atoms with Gasteiger partial charge in [0.2, 0.25) is 5.91 Å². The largest absolute Gasteiger partial charge is 0.497 e. The van der Waals surface area contributed by atoms with E-state index in [0.29, 0.717) is 6.54 Å². The first-order valence-corrected chi connectivity index (χ1v) is 7.28. The fourth-order valence-corrected chi connectivity index (χ4v) is 2.24. The number of fused-ring (bicyclic) bond motifs is 1. The molecule has 0 atom stereocenters. The molecule has 0 saturated heterocycles. The van der Waals surface area contributed by atoms with Crippen molar-refractivity contribution in [1.82, 2.24) is 15.3 Å². The Hall–Kier alpha value is -3.08. The fraction of sp³-hybridized carbons (Fsp3) is 0.111. The minimum absolute atomic E-state index is 0.173. The number of nitrogens with zero attached hydrogens (tertiary/aromatic N) is 1. The summed E-state index contributed by atoms with van der Waals surface area (Å²) in [6.07, 6.45) is 3.24. The van der Waals surface area contributed by atoms with Crippen molar-refractivity contribution in [2.24, 2.45) is 0 Å². The number of para-hydroxylation sites is 2. The van der Waals surface area contributed by atoms with Crippen LogP contribution in [0.3, 0.4) is 0 Å². The van der Waals surface area contributed by atoms with Crippen molar-refractivity contribution in [3.05, 3.63) is 66.0 Å². The first-order chi connectivity index (χ1) is 11.2. The van der Waals surface area contributed by atoms with E-state index in [1.165, 1.54) is 6.08 Å². The van der Waals surface area contributed by atoms with Crippen LogP contribution in [0.5, 0.6) is 5.75 Å². The summed E-state index contributed by atoms with van der Waals surface area (Å²) in [5.74, 6) is 1.32. The lowest BCUT2D eigenvalue weighted by molar-refractivity contribution is -0.116. The molecule has 3 aromatic rings. The Morgan fingerprint density at radius 1 is 1.26 bits per heavy atom. The van der Waals surface area contributed by atoms with Crippen molar-refractivity contribution in [1.29, 1.82) is 0 Å². The Kier molecular flexibility index (Phi) is 4.38. The van der Waals surface area contributed by atoms with Gasteiger partial charge in [-0.1, -0.05) is 24.3 Å². The Balaban J connectivity index is 1.59. The van der Waals surface area contributed by atoms with E-state index in [1.807, 2.05) is 48.5 Å². The summed E-state index contributed by atoms with van der Waals surface area (Å²) in [7, 11) is 1.61. The van der Waals surface area contributed by atoms with Crippen molar-refractivity contribution in [3.8, 4) is 5.75 Å². The molecule has 1 amide bonds. The number of carbonyl (C=O) groups is 1. The maximum Gasteiger partial charge on any atom is 0.244 e. The number of H-pyrrole nitrogens is 1. The van der Waals surface area contributed by atoms with Crippen LogP contribution in [0.2, 0.25) is 0 Å². The summed E-state index contributed by atoms with van der Waals surface area (Å²) in [5.41, 5.74) is 2.76. The summed E-state index contributed by atoms with van der Waals surface area (Å²) in [4.78, 5) is 19.5. The molecule has 0 bridgehead atoms. The highest BCUT2D eigenvalue weighted by Gasteiger charge is 2.03. The van der Waals surface area contributed by atoms with E-state index >= 15 is 0 Å². The number of rotatable bonds is 5. The SMILES string of the molecule is COc1cccc(C=CC(=O)NCc2nc3ccccc3[nH]2)c1. The summed E-state index contributed by atoms with van der Waals surface area (Å²) < 4.78 is 5.15. The number of aromatic nitrogens is 2. The maximum atomic E-state index is 11.9. The number of amides is 1. The lowest BCUT2D eigenvalue weighted by atomic mass is 10.2. The lowest BCUT2D eigenvalue weighted by Crippen LogP contribution is -2.20. The van der Waals surface area contributed by atoms with Gasteiger partial charge in [0.1, 0.15) is 11.6 Å². The zero-order valence-corrected chi connectivity index (χ0v) is 12.7. The van der Waals surface area contributed by atoms with E-state index < -0.39 is 0 Å². The first-order valence-electron chi connectivity index (χ1n) is 7.28. The van der Waals surface area contributed by atoms with Crippen LogP contribution in [0.4, 0.5) is 0 Å². The highest BCUT2D eigenvalue weighted by atomic mass is 16.5. The number of hydrogen-bond acceptors (Lipinski definition) is 3. The predicted octanol–water partition coefficient (Wildman–Crippen LogP) is 2.90. The lowest BCUT2D eigenvalue weighted by Gasteiger charge is -2.01. The highest BCUT2D eigenvalue weighted by Crippen LogP contribution is 2.13. The van der Waals surface area contributed by atoms with Crippen molar-refractivity contribution < 1.29 is 9.53 Å². The molecule has 0 unspecified atom stereocenters. The molecule has 0 fully saturated rings. The Bertz CT molecular complexity index is 819. The van der Waals surface area contributed by atoms with Crippen molar-refractivity contribution in [2.45, 2.75) is 6.54 Å². The number of imidazole rings is 1. The topological polar surface area (TPSA) is 67.0 Å². The van der Waals surface area contributed by atoms with Crippen LogP contribution in [0.15, 0.2) is 54.6 Å². The van der Waals surface area contributed by atoms with Crippen LogP contribution in [-0.2, 0) is 11.3 Å². The van der Waals surface area contributed by atoms with E-state index in [1.54, 1.807) is 13.2 Å². The summed E-state index contributed by atoms with van der Waals surface area (Å²) in [6, 6.07) is 15.3. The number of ether oxygens (including phenoxy) is 1. The van der Waals surface area contributed by atoms with Gasteiger partial charge >= 0.3 is 0 Å². The molecule has 0 saturated carbocycles. The first kappa shape index (κ1) is 14.8. The smallest absolute Gasteiger partial charge is 0.244 e. The van der Waals surface area contributed by atoms with Crippen LogP contribution in [0, 0.1) is 0 Å². The minimum atomic E-state index is -0.173. The van der Waals surface area contributed by atoms with E-state index in [-0.39, 0.29) is 5.91 Å². The molecule has 0 aliphatic heterocycles. The Morgan fingerprint density at radius 2 is 2.13 bits per heavy atom. The van der Waals surface area contributed by atoms with Gasteiger partial charge in [0.15, 0.2) is 0 Å². The van der Waals surface area contributed by atoms with Crippen LogP contribution < -0.4 is 10.1 Å². The third kappa shape index (κ3) is 3.77. The zero-order valence-electron chi connectivity index (χ0n) is 12.7. The second-order valence-corrected chi connectivity index (χ2v) is 5.03. The summed E-state index contributed by atoms with van der Waals surface area (Å²) in [6.45, 7) is 0.357. The molecule has 2 N–H and O–H groups in total. The number of hydrogen-bond donors (Lipinski definition) is 2. The van der Waals surface area contributed by atoms with Crippen LogP contribution in [0.1, 0.15) is 11.4 Å². The van der Waals surface area contributed by atoms with Gasteiger partial charge in [-0.05, 0) is 35.9 Å². The predicted molar refractivity (Wildman–Crippen MR) is 90.0 cm³/mol. The molecule has 2 aromatic carbocycles. The molecule has 1 aromatic heterocycles. The number of carbonyl (C=O) groups excluding carboxylic acids is 1. The summed E-state index contributed by atoms with van der Waals surface area (Å²) in [5, 5.41) is 2.81. The van der Waals surface area contributed by atoms with Crippen molar-refractivity contribution in [2.75, 3.05) is 7.11 Å². The van der Waals surface area contributed by atoms with Crippen LogP contribution in [0.25, 0.3) is 17.1 Å². The highest BCUT2D eigenvalue weighted by molar-refractivity contribution is 5.91. The second kappa shape index (κ2) is 6.79. The molecule has 5 nitrogen and oxygen atoms in total. The fourth-order valence-electron chi connectivity index (χ4n) is 2.24. The van der Waals surface area contributed by atoms with Gasteiger partial charge < -0.3 is 15.0 Å². The standard InChI is InChI=1S/C18H17N3O2/c1-23-14-6-4-5-13(11-14)9-10-18(22)19-12-17-20-15-7-2-3-8-16(15)21-17/h2-11H,12H2,1H3,(H,19,22)(H,20,21). The van der Waals surface area contributed by atoms with Gasteiger partial charge in [0.05, 0.1) is 24.7 Å². The third-order valence-electron chi connectivity index (χ3n) is 3.39. The molecule has 0 aliphatic carbocycles. The Morgan fingerprint density at radius 3 is 2.96 bits per heavy atom. The average Bonchev–Trinajstić information content (AvgIpc) is 3.01. The normalized spacial score (nSPS) is 11.0. The monoisotopic (exact) mass is 307 g/mol. The molecule has 3 rings (SSSR count). The molecule has 0 spiro atoms. The number of benzene rings is 2. The number of nitrogens with one attached hydrogen (secondary N) is 2. The van der Waals surface area contributed by atoms with Gasteiger partial charge in [-0.3, -0.25) is 4.79 Å². The van der Waals surface area contributed by atoms with Gasteiger partial charge in [0, 0.05) is 6.08 Å². The molecule has 5 heteroatoms.